The Morgan fingerprint density at radius 3 is 2.71 bits per heavy atom. The average molecular weight is 398 g/mol. The molecule has 4 nitrogen and oxygen atoms in total. The molecule has 7 heteroatoms. The third-order valence-electron chi connectivity index (χ3n) is 4.26. The van der Waals surface area contributed by atoms with Gasteiger partial charge in [0.1, 0.15) is 17.5 Å². The molecule has 1 aromatic carbocycles. The van der Waals surface area contributed by atoms with Gasteiger partial charge in [-0.05, 0) is 29.3 Å². The van der Waals surface area contributed by atoms with Crippen LogP contribution in [-0.4, -0.2) is 42.0 Å². The summed E-state index contributed by atoms with van der Waals surface area (Å²) in [4.78, 5) is 20.4. The molecular weight excluding hydrogens is 380 g/mol. The molecule has 1 fully saturated rings. The first-order chi connectivity index (χ1) is 11.4. The van der Waals surface area contributed by atoms with Crippen LogP contribution in [0.1, 0.15) is 18.9 Å². The first kappa shape index (κ1) is 17.1. The van der Waals surface area contributed by atoms with Crippen molar-refractivity contribution in [3.05, 3.63) is 33.8 Å². The maximum Gasteiger partial charge on any atom is 0.242 e. The number of nitrogens with zero attached hydrogens (tertiary/aromatic N) is 3. The molecule has 0 atom stereocenters. The number of rotatable bonds is 3. The fourth-order valence-electron chi connectivity index (χ4n) is 3.05. The summed E-state index contributed by atoms with van der Waals surface area (Å²) in [5.74, 6) is -0.685. The fraction of sp³-hybridized carbons (Fsp3) is 0.412. The number of hydrogen-bond acceptors (Lipinski definition) is 3. The van der Waals surface area contributed by atoms with E-state index in [1.165, 1.54) is 6.07 Å². The summed E-state index contributed by atoms with van der Waals surface area (Å²) >= 11 is 3.40. The normalized spacial score (nSPS) is 15.5. The van der Waals surface area contributed by atoms with Gasteiger partial charge in [0.15, 0.2) is 0 Å². The third-order valence-corrected chi connectivity index (χ3v) is 5.25. The van der Waals surface area contributed by atoms with Crippen molar-refractivity contribution in [1.82, 2.24) is 9.88 Å². The molecule has 0 saturated carbocycles. The molecule has 0 aliphatic carbocycles. The number of fused-ring (bicyclic) bond motifs is 1. The molecule has 0 unspecified atom stereocenters. The molecular formula is C17H18BrF2N3O. The van der Waals surface area contributed by atoms with Crippen LogP contribution in [-0.2, 0) is 4.79 Å². The SMILES string of the molecule is CCCN1CCN(c2nc3cc(F)cc(F)c3c(Br)c2C)CC1=O. The van der Waals surface area contributed by atoms with Gasteiger partial charge in [0.2, 0.25) is 5.91 Å². The summed E-state index contributed by atoms with van der Waals surface area (Å²) in [5, 5.41) is 0.258. The minimum atomic E-state index is -0.668. The lowest BCUT2D eigenvalue weighted by atomic mass is 10.1. The third kappa shape index (κ3) is 2.97. The molecule has 24 heavy (non-hydrogen) atoms. The van der Waals surface area contributed by atoms with Crippen LogP contribution in [0.15, 0.2) is 16.6 Å². The minimum Gasteiger partial charge on any atom is -0.345 e. The van der Waals surface area contributed by atoms with Crippen LogP contribution >= 0.6 is 15.9 Å². The lowest BCUT2D eigenvalue weighted by Crippen LogP contribution is -2.51. The van der Waals surface area contributed by atoms with Gasteiger partial charge in [0, 0.05) is 41.8 Å². The zero-order chi connectivity index (χ0) is 17.4. The Morgan fingerprint density at radius 1 is 1.29 bits per heavy atom. The Morgan fingerprint density at radius 2 is 2.04 bits per heavy atom. The summed E-state index contributed by atoms with van der Waals surface area (Å²) in [5.41, 5.74) is 0.980. The van der Waals surface area contributed by atoms with Crippen LogP contribution in [0, 0.1) is 18.6 Å². The van der Waals surface area contributed by atoms with E-state index < -0.39 is 11.6 Å². The molecule has 1 aliphatic heterocycles. The second-order valence-corrected chi connectivity index (χ2v) is 6.75. The van der Waals surface area contributed by atoms with E-state index in [4.69, 9.17) is 0 Å². The van der Waals surface area contributed by atoms with Crippen molar-refractivity contribution < 1.29 is 13.6 Å². The molecule has 1 saturated heterocycles. The lowest BCUT2D eigenvalue weighted by Gasteiger charge is -2.35. The molecule has 1 aliphatic rings. The summed E-state index contributed by atoms with van der Waals surface area (Å²) < 4.78 is 28.2. The van der Waals surface area contributed by atoms with Crippen molar-refractivity contribution in [2.75, 3.05) is 31.1 Å². The summed E-state index contributed by atoms with van der Waals surface area (Å²) in [6.07, 6.45) is 0.920. The van der Waals surface area contributed by atoms with Gasteiger partial charge < -0.3 is 9.80 Å². The standard InChI is InChI=1S/C17H18BrF2N3O/c1-3-4-22-5-6-23(9-14(22)24)17-10(2)16(18)15-12(20)7-11(19)8-13(15)21-17/h7-8H,3-6,9H2,1-2H3. The van der Waals surface area contributed by atoms with Crippen molar-refractivity contribution in [3.63, 3.8) is 0 Å². The van der Waals surface area contributed by atoms with Gasteiger partial charge in [-0.3, -0.25) is 4.79 Å². The molecule has 0 spiro atoms. The number of aromatic nitrogens is 1. The van der Waals surface area contributed by atoms with Crippen LogP contribution in [0.2, 0.25) is 0 Å². The Labute approximate surface area is 147 Å². The fourth-order valence-corrected chi connectivity index (χ4v) is 3.62. The Bertz CT molecular complexity index is 812. The summed E-state index contributed by atoms with van der Waals surface area (Å²) in [6, 6.07) is 2.06. The smallest absolute Gasteiger partial charge is 0.242 e. The highest BCUT2D eigenvalue weighted by Crippen LogP contribution is 2.34. The summed E-state index contributed by atoms with van der Waals surface area (Å²) in [6.45, 7) is 6.10. The first-order valence-corrected chi connectivity index (χ1v) is 8.69. The number of piperazine rings is 1. The number of amides is 1. The van der Waals surface area contributed by atoms with E-state index >= 15 is 0 Å². The second-order valence-electron chi connectivity index (χ2n) is 5.96. The van der Waals surface area contributed by atoms with Crippen molar-refractivity contribution in [1.29, 1.82) is 0 Å². The molecule has 2 aromatic rings. The Balaban J connectivity index is 2.02. The maximum atomic E-state index is 14.1. The molecule has 0 N–H and O–H groups in total. The van der Waals surface area contributed by atoms with Crippen molar-refractivity contribution in [2.45, 2.75) is 20.3 Å². The monoisotopic (exact) mass is 397 g/mol. The Hall–Kier alpha value is -1.76. The number of hydrogen-bond donors (Lipinski definition) is 0. The van der Waals surface area contributed by atoms with E-state index in [9.17, 15) is 13.6 Å². The first-order valence-electron chi connectivity index (χ1n) is 7.90. The van der Waals surface area contributed by atoms with Crippen molar-refractivity contribution in [2.24, 2.45) is 0 Å². The molecule has 2 heterocycles. The highest BCUT2D eigenvalue weighted by Gasteiger charge is 2.26. The number of pyridine rings is 1. The van der Waals surface area contributed by atoms with Gasteiger partial charge in [-0.1, -0.05) is 6.92 Å². The number of halogens is 3. The van der Waals surface area contributed by atoms with Gasteiger partial charge in [-0.2, -0.15) is 0 Å². The van der Waals surface area contributed by atoms with Crippen LogP contribution in [0.5, 0.6) is 0 Å². The average Bonchev–Trinajstić information content (AvgIpc) is 2.52. The van der Waals surface area contributed by atoms with Crippen LogP contribution < -0.4 is 4.90 Å². The largest absolute Gasteiger partial charge is 0.345 e. The van der Waals surface area contributed by atoms with Gasteiger partial charge in [0.25, 0.3) is 0 Å². The van der Waals surface area contributed by atoms with Gasteiger partial charge in [-0.25, -0.2) is 13.8 Å². The molecule has 0 radical (unpaired) electrons. The Kier molecular flexibility index (Phi) is 4.71. The van der Waals surface area contributed by atoms with E-state index in [2.05, 4.69) is 20.9 Å². The maximum absolute atomic E-state index is 14.1. The topological polar surface area (TPSA) is 36.4 Å². The molecule has 128 valence electrons. The van der Waals surface area contributed by atoms with E-state index in [0.717, 1.165) is 24.6 Å². The van der Waals surface area contributed by atoms with Gasteiger partial charge in [-0.15, -0.1) is 0 Å². The summed E-state index contributed by atoms with van der Waals surface area (Å²) in [7, 11) is 0. The highest BCUT2D eigenvalue weighted by atomic mass is 79.9. The predicted octanol–water partition coefficient (Wildman–Crippen LogP) is 3.64. The van der Waals surface area contributed by atoms with E-state index in [1.807, 2.05) is 23.6 Å². The highest BCUT2D eigenvalue weighted by molar-refractivity contribution is 9.10. The van der Waals surface area contributed by atoms with Crippen LogP contribution in [0.25, 0.3) is 10.9 Å². The predicted molar refractivity (Wildman–Crippen MR) is 93.2 cm³/mol. The van der Waals surface area contributed by atoms with E-state index in [-0.39, 0.29) is 23.4 Å². The van der Waals surface area contributed by atoms with E-state index in [0.29, 0.717) is 23.4 Å². The van der Waals surface area contributed by atoms with Crippen LogP contribution in [0.4, 0.5) is 14.6 Å². The number of benzene rings is 1. The quantitative estimate of drug-likeness (QED) is 0.792. The van der Waals surface area contributed by atoms with Gasteiger partial charge >= 0.3 is 0 Å². The van der Waals surface area contributed by atoms with Crippen molar-refractivity contribution in [3.8, 4) is 0 Å². The minimum absolute atomic E-state index is 0.0472. The van der Waals surface area contributed by atoms with E-state index in [1.54, 1.807) is 0 Å². The molecule has 0 bridgehead atoms. The number of carbonyl (C=O) groups is 1. The lowest BCUT2D eigenvalue weighted by molar-refractivity contribution is -0.131. The molecule has 1 amide bonds. The van der Waals surface area contributed by atoms with Crippen LogP contribution in [0.3, 0.4) is 0 Å². The second kappa shape index (κ2) is 6.63. The zero-order valence-electron chi connectivity index (χ0n) is 13.6. The molecule has 1 aromatic heterocycles. The molecule has 3 rings (SSSR count). The van der Waals surface area contributed by atoms with Crippen molar-refractivity contribution >= 4 is 38.6 Å². The zero-order valence-corrected chi connectivity index (χ0v) is 15.2. The number of carbonyl (C=O) groups excluding carboxylic acids is 1. The number of anilines is 1. The van der Waals surface area contributed by atoms with Gasteiger partial charge in [0.05, 0.1) is 17.4 Å².